The second-order valence-corrected chi connectivity index (χ2v) is 7.27. The maximum absolute atomic E-state index is 11.9. The van der Waals surface area contributed by atoms with Gasteiger partial charge in [0, 0.05) is 7.05 Å². The van der Waals surface area contributed by atoms with Crippen LogP contribution in [0.15, 0.2) is 0 Å². The van der Waals surface area contributed by atoms with E-state index in [4.69, 9.17) is 4.74 Å². The molecule has 9 heteroatoms. The standard InChI is InChI=1S/C11H20N2O6S/c1-11(2,3)19-10(15)13-6-8(12(4)9(13)14)7-18-20(5,16)17/h8H,6-7H2,1-5H3/t8-/m0/s1. The monoisotopic (exact) mass is 308 g/mol. The van der Waals surface area contributed by atoms with E-state index in [-0.39, 0.29) is 13.2 Å². The molecule has 0 radical (unpaired) electrons. The number of nitrogens with zero attached hydrogens (tertiary/aromatic N) is 2. The van der Waals surface area contributed by atoms with Gasteiger partial charge in [-0.2, -0.15) is 8.42 Å². The SMILES string of the molecule is CN1C(=O)N(C(=O)OC(C)(C)C)C[C@H]1COS(C)(=O)=O. The predicted molar refractivity (Wildman–Crippen MR) is 70.7 cm³/mol. The lowest BCUT2D eigenvalue weighted by atomic mass is 10.2. The van der Waals surface area contributed by atoms with Gasteiger partial charge in [-0.05, 0) is 20.8 Å². The Morgan fingerprint density at radius 2 is 1.95 bits per heavy atom. The summed E-state index contributed by atoms with van der Waals surface area (Å²) in [6.07, 6.45) is 0.172. The molecule has 0 N–H and O–H groups in total. The third-order valence-electron chi connectivity index (χ3n) is 2.56. The molecule has 20 heavy (non-hydrogen) atoms. The number of rotatable bonds is 3. The van der Waals surface area contributed by atoms with Crippen LogP contribution in [0.25, 0.3) is 0 Å². The largest absolute Gasteiger partial charge is 0.443 e. The zero-order valence-corrected chi connectivity index (χ0v) is 13.1. The Balaban J connectivity index is 2.69. The molecule has 0 unspecified atom stereocenters. The lowest BCUT2D eigenvalue weighted by molar-refractivity contribution is 0.0345. The van der Waals surface area contributed by atoms with Gasteiger partial charge in [0.1, 0.15) is 5.60 Å². The molecule has 1 atom stereocenters. The first-order valence-corrected chi connectivity index (χ1v) is 7.84. The number of carbonyl (C=O) groups excluding carboxylic acids is 2. The van der Waals surface area contributed by atoms with Crippen molar-refractivity contribution in [2.75, 3.05) is 26.5 Å². The van der Waals surface area contributed by atoms with Crippen molar-refractivity contribution in [3.63, 3.8) is 0 Å². The average Bonchev–Trinajstić information content (AvgIpc) is 2.50. The highest BCUT2D eigenvalue weighted by Crippen LogP contribution is 2.18. The molecule has 0 bridgehead atoms. The Morgan fingerprint density at radius 3 is 2.40 bits per heavy atom. The summed E-state index contributed by atoms with van der Waals surface area (Å²) >= 11 is 0. The predicted octanol–water partition coefficient (Wildman–Crippen LogP) is 0.634. The van der Waals surface area contributed by atoms with Gasteiger partial charge in [0.2, 0.25) is 0 Å². The molecule has 0 saturated carbocycles. The summed E-state index contributed by atoms with van der Waals surface area (Å²) in [4.78, 5) is 26.0. The van der Waals surface area contributed by atoms with Crippen LogP contribution in [0.5, 0.6) is 0 Å². The normalized spacial score (nSPS) is 20.4. The Morgan fingerprint density at radius 1 is 1.40 bits per heavy atom. The smallest absolute Gasteiger partial charge is 0.418 e. The molecule has 116 valence electrons. The fraction of sp³-hybridized carbons (Fsp3) is 0.818. The van der Waals surface area contributed by atoms with Crippen LogP contribution in [0.1, 0.15) is 20.8 Å². The summed E-state index contributed by atoms with van der Waals surface area (Å²) in [5, 5.41) is 0. The summed E-state index contributed by atoms with van der Waals surface area (Å²) in [5.74, 6) is 0. The van der Waals surface area contributed by atoms with E-state index in [1.807, 2.05) is 0 Å². The van der Waals surface area contributed by atoms with E-state index in [2.05, 4.69) is 4.18 Å². The highest BCUT2D eigenvalue weighted by Gasteiger charge is 2.40. The first kappa shape index (κ1) is 16.7. The maximum Gasteiger partial charge on any atom is 0.418 e. The van der Waals surface area contributed by atoms with Gasteiger partial charge in [0.05, 0.1) is 25.4 Å². The van der Waals surface area contributed by atoms with Gasteiger partial charge in [-0.1, -0.05) is 0 Å². The number of imide groups is 1. The van der Waals surface area contributed by atoms with E-state index in [1.54, 1.807) is 20.8 Å². The zero-order valence-electron chi connectivity index (χ0n) is 12.2. The molecule has 3 amide bonds. The second kappa shape index (κ2) is 5.57. The third-order valence-corrected chi connectivity index (χ3v) is 3.13. The molecule has 1 heterocycles. The second-order valence-electron chi connectivity index (χ2n) is 5.63. The van der Waals surface area contributed by atoms with Crippen molar-refractivity contribution in [3.8, 4) is 0 Å². The van der Waals surface area contributed by atoms with Crippen LogP contribution in [0.3, 0.4) is 0 Å². The molecule has 0 aliphatic carbocycles. The van der Waals surface area contributed by atoms with E-state index in [1.165, 1.54) is 11.9 Å². The molecule has 1 rings (SSSR count). The third kappa shape index (κ3) is 4.64. The number of likely N-dealkylation sites (N-methyl/N-ethyl adjacent to an activating group) is 1. The van der Waals surface area contributed by atoms with Crippen molar-refractivity contribution in [2.45, 2.75) is 32.4 Å². The van der Waals surface area contributed by atoms with Crippen LogP contribution in [0.2, 0.25) is 0 Å². The summed E-state index contributed by atoms with van der Waals surface area (Å²) in [7, 11) is -2.12. The van der Waals surface area contributed by atoms with Crippen LogP contribution in [-0.4, -0.2) is 68.4 Å². The molecule has 0 aromatic carbocycles. The highest BCUT2D eigenvalue weighted by molar-refractivity contribution is 7.85. The number of urea groups is 1. The molecular weight excluding hydrogens is 288 g/mol. The summed E-state index contributed by atoms with van der Waals surface area (Å²) < 4.78 is 31.7. The van der Waals surface area contributed by atoms with Crippen molar-refractivity contribution in [1.82, 2.24) is 9.80 Å². The van der Waals surface area contributed by atoms with Gasteiger partial charge in [0.25, 0.3) is 10.1 Å². The molecule has 0 spiro atoms. The average molecular weight is 308 g/mol. The van der Waals surface area contributed by atoms with Crippen LogP contribution < -0.4 is 0 Å². The van der Waals surface area contributed by atoms with E-state index in [0.29, 0.717) is 0 Å². The van der Waals surface area contributed by atoms with Crippen LogP contribution in [0, 0.1) is 0 Å². The lowest BCUT2D eigenvalue weighted by Gasteiger charge is -2.22. The minimum Gasteiger partial charge on any atom is -0.443 e. The van der Waals surface area contributed by atoms with Gasteiger partial charge in [0.15, 0.2) is 0 Å². The topological polar surface area (TPSA) is 93.2 Å². The van der Waals surface area contributed by atoms with Crippen molar-refractivity contribution in [3.05, 3.63) is 0 Å². The number of hydrogen-bond donors (Lipinski definition) is 0. The van der Waals surface area contributed by atoms with Gasteiger partial charge in [-0.15, -0.1) is 0 Å². The van der Waals surface area contributed by atoms with Gasteiger partial charge < -0.3 is 9.64 Å². The summed E-state index contributed by atoms with van der Waals surface area (Å²) in [5.41, 5.74) is -0.711. The lowest BCUT2D eigenvalue weighted by Crippen LogP contribution is -2.39. The molecule has 1 fully saturated rings. The number of amides is 3. The van der Waals surface area contributed by atoms with Crippen molar-refractivity contribution < 1.29 is 26.9 Å². The number of ether oxygens (including phenoxy) is 1. The van der Waals surface area contributed by atoms with Crippen LogP contribution in [0.4, 0.5) is 9.59 Å². The molecule has 0 aromatic heterocycles. The van der Waals surface area contributed by atoms with E-state index >= 15 is 0 Å². The number of carbonyl (C=O) groups is 2. The highest BCUT2D eigenvalue weighted by atomic mass is 32.2. The zero-order chi connectivity index (χ0) is 15.7. The van der Waals surface area contributed by atoms with E-state index in [9.17, 15) is 18.0 Å². The van der Waals surface area contributed by atoms with Crippen molar-refractivity contribution in [1.29, 1.82) is 0 Å². The quantitative estimate of drug-likeness (QED) is 0.710. The minimum atomic E-state index is -3.59. The minimum absolute atomic E-state index is 0.0275. The summed E-state index contributed by atoms with van der Waals surface area (Å²) in [6.45, 7) is 4.92. The van der Waals surface area contributed by atoms with Crippen molar-refractivity contribution in [2.24, 2.45) is 0 Å². The maximum atomic E-state index is 11.9. The van der Waals surface area contributed by atoms with E-state index in [0.717, 1.165) is 11.2 Å². The van der Waals surface area contributed by atoms with Crippen LogP contribution in [-0.2, 0) is 19.0 Å². The first-order chi connectivity index (χ1) is 8.91. The Bertz CT molecular complexity index is 496. The molecule has 1 aliphatic heterocycles. The van der Waals surface area contributed by atoms with E-state index < -0.39 is 33.9 Å². The summed E-state index contributed by atoms with van der Waals surface area (Å²) in [6, 6.07) is -1.06. The fourth-order valence-corrected chi connectivity index (χ4v) is 2.00. The van der Waals surface area contributed by atoms with Gasteiger partial charge >= 0.3 is 12.1 Å². The fourth-order valence-electron chi connectivity index (χ4n) is 1.59. The first-order valence-electron chi connectivity index (χ1n) is 6.02. The molecule has 1 saturated heterocycles. The Labute approximate surface area is 118 Å². The Kier molecular flexibility index (Phi) is 4.65. The van der Waals surface area contributed by atoms with Crippen LogP contribution >= 0.6 is 0 Å². The Hall–Kier alpha value is -1.35. The molecular formula is C11H20N2O6S. The molecule has 1 aliphatic rings. The molecule has 0 aromatic rings. The van der Waals surface area contributed by atoms with Gasteiger partial charge in [-0.25, -0.2) is 14.5 Å². The van der Waals surface area contributed by atoms with Gasteiger partial charge in [-0.3, -0.25) is 4.18 Å². The van der Waals surface area contributed by atoms with Crippen molar-refractivity contribution >= 4 is 22.2 Å². The molecule has 8 nitrogen and oxygen atoms in total. The number of hydrogen-bond acceptors (Lipinski definition) is 6.